The van der Waals surface area contributed by atoms with Crippen LogP contribution in [0.1, 0.15) is 27.7 Å². The topological polar surface area (TPSA) is 101 Å². The zero-order chi connectivity index (χ0) is 20.9. The first-order valence-corrected chi connectivity index (χ1v) is 13.1. The molecular formula is C17H24N4O3S4. The zero-order valence-corrected chi connectivity index (χ0v) is 19.6. The van der Waals surface area contributed by atoms with E-state index in [-0.39, 0.29) is 21.9 Å². The van der Waals surface area contributed by atoms with Gasteiger partial charge in [-0.05, 0) is 30.4 Å². The van der Waals surface area contributed by atoms with E-state index in [4.69, 9.17) is 0 Å². The predicted octanol–water partition coefficient (Wildman–Crippen LogP) is 4.40. The van der Waals surface area contributed by atoms with Crippen LogP contribution in [0.3, 0.4) is 0 Å². The molecule has 0 saturated heterocycles. The number of benzene rings is 1. The van der Waals surface area contributed by atoms with Gasteiger partial charge >= 0.3 is 0 Å². The lowest BCUT2D eigenvalue weighted by Crippen LogP contribution is -2.19. The van der Waals surface area contributed by atoms with E-state index in [9.17, 15) is 13.2 Å². The minimum Gasteiger partial charge on any atom is -0.325 e. The fraction of sp³-hybridized carbons (Fsp3) is 0.471. The maximum absolute atomic E-state index is 12.7. The van der Waals surface area contributed by atoms with Gasteiger partial charge in [0.25, 0.3) is 10.0 Å². The van der Waals surface area contributed by atoms with Crippen LogP contribution in [-0.2, 0) is 14.8 Å². The van der Waals surface area contributed by atoms with Crippen LogP contribution in [0.2, 0.25) is 0 Å². The van der Waals surface area contributed by atoms with E-state index < -0.39 is 10.0 Å². The number of hydrogen-bond acceptors (Lipinski definition) is 8. The summed E-state index contributed by atoms with van der Waals surface area (Å²) in [4.78, 5) is 12.9. The summed E-state index contributed by atoms with van der Waals surface area (Å²) in [6, 6.07) is 4.65. The Hall–Kier alpha value is -1.30. The molecule has 0 bridgehead atoms. The number of carbonyl (C=O) groups excluding carboxylic acids is 1. The molecule has 1 aromatic heterocycles. The molecule has 0 spiro atoms. The highest BCUT2D eigenvalue weighted by molar-refractivity contribution is 8.01. The Balaban J connectivity index is 2.22. The minimum absolute atomic E-state index is 0.0518. The number of aromatic nitrogens is 2. The van der Waals surface area contributed by atoms with Crippen molar-refractivity contribution in [2.45, 2.75) is 41.8 Å². The van der Waals surface area contributed by atoms with Crippen LogP contribution in [-0.4, -0.2) is 36.5 Å². The molecule has 1 heterocycles. The zero-order valence-electron chi connectivity index (χ0n) is 16.3. The van der Waals surface area contributed by atoms with Crippen LogP contribution in [0.5, 0.6) is 0 Å². The number of nitrogens with zero attached hydrogens (tertiary/aromatic N) is 2. The maximum Gasteiger partial charge on any atom is 0.263 e. The van der Waals surface area contributed by atoms with Crippen LogP contribution >= 0.6 is 34.9 Å². The molecule has 0 aliphatic heterocycles. The van der Waals surface area contributed by atoms with E-state index in [1.165, 1.54) is 35.2 Å². The van der Waals surface area contributed by atoms with E-state index in [0.29, 0.717) is 15.9 Å². The molecular weight excluding hydrogens is 436 g/mol. The molecule has 154 valence electrons. The van der Waals surface area contributed by atoms with Crippen molar-refractivity contribution < 1.29 is 13.2 Å². The molecule has 2 rings (SSSR count). The molecule has 0 saturated carbocycles. The quantitative estimate of drug-likeness (QED) is 0.535. The van der Waals surface area contributed by atoms with Gasteiger partial charge < -0.3 is 5.32 Å². The first kappa shape index (κ1) is 23.0. The highest BCUT2D eigenvalue weighted by Gasteiger charge is 2.20. The van der Waals surface area contributed by atoms with Gasteiger partial charge in [0.05, 0.1) is 10.6 Å². The minimum atomic E-state index is -3.85. The summed E-state index contributed by atoms with van der Waals surface area (Å²) in [5.74, 6) is 1.00. The number of nitrogens with one attached hydrogen (secondary N) is 2. The lowest BCUT2D eigenvalue weighted by molar-refractivity contribution is -0.118. The third-order valence-electron chi connectivity index (χ3n) is 3.43. The first-order valence-electron chi connectivity index (χ1n) is 8.60. The molecule has 7 nitrogen and oxygen atoms in total. The Kier molecular flexibility index (Phi) is 8.17. The molecule has 0 unspecified atom stereocenters. The van der Waals surface area contributed by atoms with E-state index in [2.05, 4.69) is 34.1 Å². The van der Waals surface area contributed by atoms with Crippen molar-refractivity contribution in [1.82, 2.24) is 10.2 Å². The number of hydrogen-bond donors (Lipinski definition) is 2. The van der Waals surface area contributed by atoms with E-state index in [0.717, 1.165) is 10.6 Å². The normalized spacial score (nSPS) is 11.8. The number of carbonyl (C=O) groups is 1. The van der Waals surface area contributed by atoms with E-state index in [1.807, 2.05) is 6.26 Å². The molecule has 1 aromatic carbocycles. The Labute approximate surface area is 178 Å². The second kappa shape index (κ2) is 9.95. The van der Waals surface area contributed by atoms with Gasteiger partial charge in [-0.25, -0.2) is 8.42 Å². The fourth-order valence-electron chi connectivity index (χ4n) is 1.95. The number of anilines is 2. The largest absolute Gasteiger partial charge is 0.325 e. The van der Waals surface area contributed by atoms with Crippen LogP contribution in [0, 0.1) is 11.8 Å². The van der Waals surface area contributed by atoms with Gasteiger partial charge in [0.1, 0.15) is 0 Å². The fourth-order valence-corrected chi connectivity index (χ4v) is 5.47. The molecule has 0 atom stereocenters. The van der Waals surface area contributed by atoms with Gasteiger partial charge in [0.2, 0.25) is 11.0 Å². The molecule has 2 N–H and O–H groups in total. The van der Waals surface area contributed by atoms with Crippen molar-refractivity contribution >= 4 is 61.6 Å². The second-order valence-electron chi connectivity index (χ2n) is 6.69. The average molecular weight is 461 g/mol. The van der Waals surface area contributed by atoms with E-state index >= 15 is 0 Å². The summed E-state index contributed by atoms with van der Waals surface area (Å²) in [5.41, 5.74) is 0.472. The van der Waals surface area contributed by atoms with Crippen LogP contribution < -0.4 is 10.0 Å². The summed E-state index contributed by atoms with van der Waals surface area (Å²) < 4.78 is 28.7. The highest BCUT2D eigenvalue weighted by atomic mass is 32.2. The van der Waals surface area contributed by atoms with Crippen LogP contribution in [0.25, 0.3) is 0 Å². The summed E-state index contributed by atoms with van der Waals surface area (Å²) in [7, 11) is -3.85. The molecule has 0 radical (unpaired) electrons. The molecule has 0 fully saturated rings. The molecule has 1 amide bonds. The van der Waals surface area contributed by atoms with Crippen LogP contribution in [0.15, 0.2) is 32.3 Å². The molecule has 0 aliphatic rings. The first-order chi connectivity index (χ1) is 13.1. The molecule has 0 aliphatic carbocycles. The SMILES string of the molecule is CSc1ccc(S(=O)(=O)Nc2nnc(SCC(C)C)s2)cc1NC(=O)C(C)C. The molecule has 2 aromatic rings. The summed E-state index contributed by atoms with van der Waals surface area (Å²) in [6.07, 6.45) is 1.87. The maximum atomic E-state index is 12.7. The third-order valence-corrected chi connectivity index (χ3v) is 8.09. The van der Waals surface area contributed by atoms with Gasteiger partial charge in [0.15, 0.2) is 4.34 Å². The summed E-state index contributed by atoms with van der Waals surface area (Å²) >= 11 is 4.18. The Morgan fingerprint density at radius 2 is 1.93 bits per heavy atom. The monoisotopic (exact) mass is 460 g/mol. The van der Waals surface area contributed by atoms with Crippen molar-refractivity contribution in [2.75, 3.05) is 22.0 Å². The predicted molar refractivity (Wildman–Crippen MR) is 118 cm³/mol. The van der Waals surface area contributed by atoms with Crippen LogP contribution in [0.4, 0.5) is 10.8 Å². The van der Waals surface area contributed by atoms with Gasteiger partial charge in [-0.1, -0.05) is 50.8 Å². The highest BCUT2D eigenvalue weighted by Crippen LogP contribution is 2.31. The van der Waals surface area contributed by atoms with Crippen molar-refractivity contribution in [3.05, 3.63) is 18.2 Å². The van der Waals surface area contributed by atoms with Crippen molar-refractivity contribution in [3.63, 3.8) is 0 Å². The number of rotatable bonds is 9. The van der Waals surface area contributed by atoms with Gasteiger partial charge in [0, 0.05) is 16.6 Å². The number of sulfonamides is 1. The third kappa shape index (κ3) is 6.36. The Morgan fingerprint density at radius 3 is 2.54 bits per heavy atom. The lowest BCUT2D eigenvalue weighted by atomic mass is 10.2. The number of thioether (sulfide) groups is 2. The Bertz CT molecular complexity index is 926. The van der Waals surface area contributed by atoms with Crippen molar-refractivity contribution in [3.8, 4) is 0 Å². The number of amides is 1. The van der Waals surface area contributed by atoms with Gasteiger partial charge in [-0.15, -0.1) is 22.0 Å². The van der Waals surface area contributed by atoms with Crippen molar-refractivity contribution in [1.29, 1.82) is 0 Å². The molecule has 28 heavy (non-hydrogen) atoms. The average Bonchev–Trinajstić information content (AvgIpc) is 3.06. The standard InChI is InChI=1S/C17H24N4O3S4/c1-10(2)9-26-17-20-19-16(27-17)21-28(23,24)12-6-7-14(25-5)13(8-12)18-15(22)11(3)4/h6-8,10-11H,9H2,1-5H3,(H,18,22)(H,19,21). The summed E-state index contributed by atoms with van der Waals surface area (Å²) in [5, 5.41) is 10.9. The van der Waals surface area contributed by atoms with Gasteiger partial charge in [-0.2, -0.15) is 0 Å². The van der Waals surface area contributed by atoms with E-state index in [1.54, 1.807) is 31.7 Å². The van der Waals surface area contributed by atoms with Gasteiger partial charge in [-0.3, -0.25) is 9.52 Å². The molecule has 11 heteroatoms. The Morgan fingerprint density at radius 1 is 1.21 bits per heavy atom. The summed E-state index contributed by atoms with van der Waals surface area (Å²) in [6.45, 7) is 7.76. The van der Waals surface area contributed by atoms with Crippen molar-refractivity contribution in [2.24, 2.45) is 11.8 Å². The second-order valence-corrected chi connectivity index (χ2v) is 11.5. The lowest BCUT2D eigenvalue weighted by Gasteiger charge is -2.13. The smallest absolute Gasteiger partial charge is 0.263 e.